The van der Waals surface area contributed by atoms with E-state index in [4.69, 9.17) is 0 Å². The number of hydrogen-bond acceptors (Lipinski definition) is 3. The van der Waals surface area contributed by atoms with Crippen LogP contribution in [0.15, 0.2) is 42.7 Å². The maximum Gasteiger partial charge on any atom is 0.257 e. The molecule has 2 rings (SSSR count). The lowest BCUT2D eigenvalue weighted by atomic mass is 10.0. The van der Waals surface area contributed by atoms with E-state index in [0.29, 0.717) is 0 Å². The van der Waals surface area contributed by atoms with E-state index in [1.54, 1.807) is 45.3 Å². The zero-order valence-electron chi connectivity index (χ0n) is 14.8. The van der Waals surface area contributed by atoms with Crippen LogP contribution in [0.3, 0.4) is 0 Å². The van der Waals surface area contributed by atoms with Gasteiger partial charge >= 0.3 is 0 Å². The first-order valence-electron chi connectivity index (χ1n) is 8.26. The summed E-state index contributed by atoms with van der Waals surface area (Å²) in [6, 6.07) is 5.44. The summed E-state index contributed by atoms with van der Waals surface area (Å²) in [5.41, 5.74) is 0.149. The first-order chi connectivity index (χ1) is 12.3. The summed E-state index contributed by atoms with van der Waals surface area (Å²) in [4.78, 5) is 28.8. The first kappa shape index (κ1) is 19.5. The Kier molecular flexibility index (Phi) is 6.38. The van der Waals surface area contributed by atoms with Gasteiger partial charge in [-0.15, -0.1) is 0 Å². The van der Waals surface area contributed by atoms with E-state index in [1.807, 2.05) is 0 Å². The van der Waals surface area contributed by atoms with Crippen molar-refractivity contribution < 1.29 is 18.4 Å². The van der Waals surface area contributed by atoms with Crippen molar-refractivity contribution in [2.45, 2.75) is 32.9 Å². The van der Waals surface area contributed by atoms with Gasteiger partial charge in [-0.1, -0.05) is 19.9 Å². The molecule has 7 heteroatoms. The maximum atomic E-state index is 13.8. The Bertz CT molecular complexity index is 761. The topological polar surface area (TPSA) is 71.1 Å². The van der Waals surface area contributed by atoms with Gasteiger partial charge < -0.3 is 10.6 Å². The number of nitrogens with zero attached hydrogens (tertiary/aromatic N) is 1. The molecule has 2 N–H and O–H groups in total. The summed E-state index contributed by atoms with van der Waals surface area (Å²) < 4.78 is 27.6. The third-order valence-corrected chi connectivity index (χ3v) is 3.99. The fourth-order valence-corrected chi connectivity index (χ4v) is 2.50. The molecule has 1 aromatic carbocycles. The highest BCUT2D eigenvalue weighted by atomic mass is 19.1. The summed E-state index contributed by atoms with van der Waals surface area (Å²) in [6.07, 6.45) is 3.22. The Balaban J connectivity index is 2.13. The van der Waals surface area contributed by atoms with E-state index >= 15 is 0 Å². The van der Waals surface area contributed by atoms with Crippen molar-refractivity contribution in [3.05, 3.63) is 65.5 Å². The number of nitrogens with one attached hydrogen (secondary N) is 2. The largest absolute Gasteiger partial charge is 0.348 e. The summed E-state index contributed by atoms with van der Waals surface area (Å²) in [7, 11) is 0. The second kappa shape index (κ2) is 8.51. The quantitative estimate of drug-likeness (QED) is 0.831. The normalized spacial score (nSPS) is 13.2. The van der Waals surface area contributed by atoms with Gasteiger partial charge in [0.1, 0.15) is 23.2 Å². The standard InChI is InChI=1S/C19H21F2N3O2/c1-11(2)17(19(26)23-12(3)13-7-9-22-10-8-13)24-18(25)16-14(20)5-4-6-15(16)21/h4-12,17H,1-3H3,(H,23,26)(H,24,25)/t12-,17+/m1/s1. The fraction of sp³-hybridized carbons (Fsp3) is 0.316. The van der Waals surface area contributed by atoms with Crippen LogP contribution in [0.5, 0.6) is 0 Å². The van der Waals surface area contributed by atoms with E-state index in [1.165, 1.54) is 6.07 Å². The van der Waals surface area contributed by atoms with Crippen LogP contribution in [0.4, 0.5) is 8.78 Å². The molecule has 0 bridgehead atoms. The number of pyridine rings is 1. The highest BCUT2D eigenvalue weighted by molar-refractivity contribution is 5.98. The Morgan fingerprint density at radius 2 is 1.54 bits per heavy atom. The van der Waals surface area contributed by atoms with Crippen molar-refractivity contribution in [1.29, 1.82) is 0 Å². The number of benzene rings is 1. The van der Waals surface area contributed by atoms with Gasteiger partial charge in [0.25, 0.3) is 5.91 Å². The number of halogens is 2. The number of carbonyl (C=O) groups excluding carboxylic acids is 2. The van der Waals surface area contributed by atoms with Crippen molar-refractivity contribution in [2.24, 2.45) is 5.92 Å². The highest BCUT2D eigenvalue weighted by Crippen LogP contribution is 2.15. The number of hydrogen-bond donors (Lipinski definition) is 2. The van der Waals surface area contributed by atoms with Gasteiger partial charge in [0.05, 0.1) is 6.04 Å². The van der Waals surface area contributed by atoms with Crippen molar-refractivity contribution in [3.63, 3.8) is 0 Å². The number of rotatable bonds is 6. The van der Waals surface area contributed by atoms with Gasteiger partial charge in [0.2, 0.25) is 5.91 Å². The van der Waals surface area contributed by atoms with E-state index in [0.717, 1.165) is 17.7 Å². The molecule has 0 fully saturated rings. The molecular weight excluding hydrogens is 340 g/mol. The van der Waals surface area contributed by atoms with Crippen LogP contribution in [0.1, 0.15) is 42.7 Å². The Morgan fingerprint density at radius 3 is 2.08 bits per heavy atom. The summed E-state index contributed by atoms with van der Waals surface area (Å²) in [5, 5.41) is 5.22. The minimum Gasteiger partial charge on any atom is -0.348 e. The average molecular weight is 361 g/mol. The second-order valence-electron chi connectivity index (χ2n) is 6.30. The first-order valence-corrected chi connectivity index (χ1v) is 8.26. The number of amides is 2. The fourth-order valence-electron chi connectivity index (χ4n) is 2.50. The van der Waals surface area contributed by atoms with Crippen molar-refractivity contribution in [3.8, 4) is 0 Å². The van der Waals surface area contributed by atoms with Gasteiger partial charge in [0.15, 0.2) is 0 Å². The Labute approximate surface area is 150 Å². The monoisotopic (exact) mass is 361 g/mol. The van der Waals surface area contributed by atoms with Crippen LogP contribution in [0.2, 0.25) is 0 Å². The Morgan fingerprint density at radius 1 is 0.962 bits per heavy atom. The number of aromatic nitrogens is 1. The molecule has 2 amide bonds. The van der Waals surface area contributed by atoms with Gasteiger partial charge in [-0.25, -0.2) is 8.78 Å². The van der Waals surface area contributed by atoms with Crippen molar-refractivity contribution >= 4 is 11.8 Å². The molecule has 1 aromatic heterocycles. The van der Waals surface area contributed by atoms with E-state index in [-0.39, 0.29) is 12.0 Å². The molecule has 0 spiro atoms. The highest BCUT2D eigenvalue weighted by Gasteiger charge is 2.28. The minimum atomic E-state index is -0.976. The zero-order valence-corrected chi connectivity index (χ0v) is 14.8. The SMILES string of the molecule is CC(C)[C@H](NC(=O)c1c(F)cccc1F)C(=O)N[C@H](C)c1ccncc1. The predicted molar refractivity (Wildman–Crippen MR) is 93.2 cm³/mol. The average Bonchev–Trinajstić information content (AvgIpc) is 2.59. The molecule has 0 aliphatic rings. The molecule has 0 aliphatic carbocycles. The lowest BCUT2D eigenvalue weighted by molar-refractivity contribution is -0.124. The van der Waals surface area contributed by atoms with Crippen LogP contribution >= 0.6 is 0 Å². The lowest BCUT2D eigenvalue weighted by Crippen LogP contribution is -2.50. The van der Waals surface area contributed by atoms with Crippen molar-refractivity contribution in [2.75, 3.05) is 0 Å². The van der Waals surface area contributed by atoms with Gasteiger partial charge in [0, 0.05) is 12.4 Å². The summed E-state index contributed by atoms with van der Waals surface area (Å²) in [5.74, 6) is -3.63. The molecule has 5 nitrogen and oxygen atoms in total. The van der Waals surface area contributed by atoms with E-state index < -0.39 is 35.1 Å². The third kappa shape index (κ3) is 4.62. The van der Waals surface area contributed by atoms with Crippen LogP contribution in [0.25, 0.3) is 0 Å². The van der Waals surface area contributed by atoms with Crippen LogP contribution in [-0.4, -0.2) is 22.8 Å². The molecule has 0 radical (unpaired) electrons. The zero-order chi connectivity index (χ0) is 19.3. The molecular formula is C19H21F2N3O2. The van der Waals surface area contributed by atoms with Crippen LogP contribution in [0, 0.1) is 17.6 Å². The van der Waals surface area contributed by atoms with E-state index in [9.17, 15) is 18.4 Å². The molecule has 0 saturated carbocycles. The molecule has 138 valence electrons. The third-order valence-electron chi connectivity index (χ3n) is 3.99. The van der Waals surface area contributed by atoms with Gasteiger partial charge in [-0.05, 0) is 42.7 Å². The second-order valence-corrected chi connectivity index (χ2v) is 6.30. The summed E-state index contributed by atoms with van der Waals surface area (Å²) in [6.45, 7) is 5.27. The van der Waals surface area contributed by atoms with Crippen LogP contribution in [-0.2, 0) is 4.79 Å². The van der Waals surface area contributed by atoms with Gasteiger partial charge in [-0.3, -0.25) is 14.6 Å². The van der Waals surface area contributed by atoms with Gasteiger partial charge in [-0.2, -0.15) is 0 Å². The minimum absolute atomic E-state index is 0.279. The number of carbonyl (C=O) groups is 2. The molecule has 2 atom stereocenters. The molecule has 0 saturated heterocycles. The molecule has 26 heavy (non-hydrogen) atoms. The summed E-state index contributed by atoms with van der Waals surface area (Å²) >= 11 is 0. The molecule has 0 unspecified atom stereocenters. The van der Waals surface area contributed by atoms with Crippen molar-refractivity contribution in [1.82, 2.24) is 15.6 Å². The molecule has 0 aliphatic heterocycles. The maximum absolute atomic E-state index is 13.8. The smallest absolute Gasteiger partial charge is 0.257 e. The molecule has 1 heterocycles. The van der Waals surface area contributed by atoms with E-state index in [2.05, 4.69) is 15.6 Å². The Hall–Kier alpha value is -2.83. The predicted octanol–water partition coefficient (Wildman–Crippen LogP) is 2.99. The lowest BCUT2D eigenvalue weighted by Gasteiger charge is -2.24. The molecule has 2 aromatic rings. The van der Waals surface area contributed by atoms with Crippen LogP contribution < -0.4 is 10.6 Å².